The fraction of sp³-hybridized carbons (Fsp3) is 0.0667. The summed E-state index contributed by atoms with van der Waals surface area (Å²) in [5, 5.41) is 14.4. The number of nitrogens with zero attached hydrogens (tertiary/aromatic N) is 1. The molecule has 0 saturated carbocycles. The van der Waals surface area contributed by atoms with E-state index < -0.39 is 11.8 Å². The van der Waals surface area contributed by atoms with Crippen LogP contribution in [-0.4, -0.2) is 22.0 Å². The minimum absolute atomic E-state index is 0.116. The first-order chi connectivity index (χ1) is 17.1. The summed E-state index contributed by atoms with van der Waals surface area (Å²) in [7, 11) is 0. The largest absolute Gasteiger partial charge is 0.392 e. The molecule has 0 unspecified atom stereocenters. The molecular weight excluding hydrogens is 438 g/mol. The molecule has 0 radical (unpaired) electrons. The van der Waals surface area contributed by atoms with E-state index in [-0.39, 0.29) is 13.2 Å². The van der Waals surface area contributed by atoms with Gasteiger partial charge in [-0.25, -0.2) is 0 Å². The van der Waals surface area contributed by atoms with E-state index in [1.165, 1.54) is 10.8 Å². The highest BCUT2D eigenvalue weighted by Gasteiger charge is 2.36. The summed E-state index contributed by atoms with van der Waals surface area (Å²) < 4.78 is 0. The van der Waals surface area contributed by atoms with Gasteiger partial charge in [-0.2, -0.15) is 0 Å². The quantitative estimate of drug-likeness (QED) is 0.339. The van der Waals surface area contributed by atoms with Crippen molar-refractivity contribution >= 4 is 33.4 Å². The lowest BCUT2D eigenvalue weighted by Gasteiger charge is -2.13. The van der Waals surface area contributed by atoms with E-state index in [0.29, 0.717) is 11.1 Å². The van der Waals surface area contributed by atoms with E-state index in [1.54, 1.807) is 24.3 Å². The van der Waals surface area contributed by atoms with Crippen LogP contribution in [-0.2, 0) is 18.1 Å². The van der Waals surface area contributed by atoms with Crippen molar-refractivity contribution < 1.29 is 19.5 Å². The maximum Gasteiger partial charge on any atom is 0.285 e. The molecule has 172 valence electrons. The molecule has 35 heavy (non-hydrogen) atoms. The predicted octanol–water partition coefficient (Wildman–Crippen LogP) is 5.90. The van der Waals surface area contributed by atoms with Crippen molar-refractivity contribution in [3.8, 4) is 0 Å². The Balaban J connectivity index is 0.000000178. The maximum atomic E-state index is 12.2. The summed E-state index contributed by atoms with van der Waals surface area (Å²) in [4.78, 5) is 29.9. The van der Waals surface area contributed by atoms with E-state index in [1.807, 2.05) is 72.8 Å². The van der Waals surface area contributed by atoms with Crippen LogP contribution in [0.1, 0.15) is 31.8 Å². The van der Waals surface area contributed by atoms with Crippen LogP contribution in [0, 0.1) is 0 Å². The number of hydrogen-bond acceptors (Lipinski definition) is 4. The summed E-state index contributed by atoms with van der Waals surface area (Å²) in [6, 6.07) is 34.8. The fourth-order valence-electron chi connectivity index (χ4n) is 4.09. The Kier molecular flexibility index (Phi) is 6.35. The van der Waals surface area contributed by atoms with Crippen molar-refractivity contribution in [1.82, 2.24) is 5.06 Å². The number of carbonyl (C=O) groups is 2. The number of aliphatic hydroxyl groups is 1. The van der Waals surface area contributed by atoms with Crippen LogP contribution in [0.5, 0.6) is 0 Å². The van der Waals surface area contributed by atoms with Crippen molar-refractivity contribution in [2.45, 2.75) is 13.2 Å². The number of aliphatic hydroxyl groups excluding tert-OH is 1. The minimum atomic E-state index is -0.411. The van der Waals surface area contributed by atoms with Crippen LogP contribution in [0.25, 0.3) is 21.5 Å². The van der Waals surface area contributed by atoms with Crippen molar-refractivity contribution in [3.05, 3.63) is 131 Å². The van der Waals surface area contributed by atoms with Gasteiger partial charge < -0.3 is 5.11 Å². The Morgan fingerprint density at radius 2 is 1.03 bits per heavy atom. The molecule has 1 aliphatic heterocycles. The van der Waals surface area contributed by atoms with E-state index in [0.717, 1.165) is 27.0 Å². The lowest BCUT2D eigenvalue weighted by atomic mass is 10.1. The molecular formula is C30H23NO4. The Morgan fingerprint density at radius 3 is 1.57 bits per heavy atom. The summed E-state index contributed by atoms with van der Waals surface area (Å²) in [5.74, 6) is -0.822. The third kappa shape index (κ3) is 4.68. The molecule has 6 rings (SSSR count). The molecule has 0 bridgehead atoms. The van der Waals surface area contributed by atoms with Gasteiger partial charge in [0.1, 0.15) is 6.61 Å². The third-order valence-electron chi connectivity index (χ3n) is 5.93. The number of fused-ring (bicyclic) bond motifs is 3. The van der Waals surface area contributed by atoms with Gasteiger partial charge in [-0.05, 0) is 56.9 Å². The van der Waals surface area contributed by atoms with Crippen molar-refractivity contribution in [2.24, 2.45) is 0 Å². The van der Waals surface area contributed by atoms with Gasteiger partial charge in [0.05, 0.1) is 17.7 Å². The van der Waals surface area contributed by atoms with E-state index in [9.17, 15) is 9.59 Å². The fourth-order valence-corrected chi connectivity index (χ4v) is 4.09. The topological polar surface area (TPSA) is 66.8 Å². The van der Waals surface area contributed by atoms with Gasteiger partial charge in [0.2, 0.25) is 0 Å². The second-order valence-electron chi connectivity index (χ2n) is 8.24. The molecule has 0 aromatic heterocycles. The molecule has 0 spiro atoms. The van der Waals surface area contributed by atoms with Gasteiger partial charge in [0, 0.05) is 0 Å². The van der Waals surface area contributed by atoms with E-state index in [4.69, 9.17) is 9.94 Å². The third-order valence-corrected chi connectivity index (χ3v) is 5.93. The Hall–Kier alpha value is -4.32. The van der Waals surface area contributed by atoms with Crippen LogP contribution < -0.4 is 0 Å². The van der Waals surface area contributed by atoms with E-state index >= 15 is 0 Å². The molecule has 2 amide bonds. The van der Waals surface area contributed by atoms with Crippen LogP contribution in [0.2, 0.25) is 0 Å². The number of imide groups is 1. The number of rotatable bonds is 4. The van der Waals surface area contributed by atoms with Gasteiger partial charge in [0.25, 0.3) is 11.8 Å². The highest BCUT2D eigenvalue weighted by molar-refractivity contribution is 6.20. The molecule has 1 aliphatic rings. The zero-order valence-electron chi connectivity index (χ0n) is 18.9. The molecule has 1 N–H and O–H groups in total. The SMILES string of the molecule is O=C1c2ccccc2C(=O)N1OCc1ccc2ccccc2c1.OCc1ccc2ccccc2c1. The molecule has 1 heterocycles. The van der Waals surface area contributed by atoms with Crippen LogP contribution in [0.3, 0.4) is 0 Å². The molecule has 5 heteroatoms. The second kappa shape index (κ2) is 9.89. The minimum Gasteiger partial charge on any atom is -0.392 e. The van der Waals surface area contributed by atoms with Gasteiger partial charge in [0.15, 0.2) is 0 Å². The normalized spacial score (nSPS) is 12.5. The smallest absolute Gasteiger partial charge is 0.285 e. The van der Waals surface area contributed by atoms with Crippen LogP contribution in [0.4, 0.5) is 0 Å². The second-order valence-corrected chi connectivity index (χ2v) is 8.24. The Labute approximate surface area is 202 Å². The van der Waals surface area contributed by atoms with Gasteiger partial charge in [-0.3, -0.25) is 14.4 Å². The summed E-state index contributed by atoms with van der Waals surface area (Å²) >= 11 is 0. The van der Waals surface area contributed by atoms with Gasteiger partial charge >= 0.3 is 0 Å². The number of carbonyl (C=O) groups excluding carboxylic acids is 2. The average Bonchev–Trinajstić information content (AvgIpc) is 3.16. The molecule has 5 nitrogen and oxygen atoms in total. The molecule has 0 fully saturated rings. The molecule has 5 aromatic carbocycles. The zero-order valence-corrected chi connectivity index (χ0v) is 18.9. The van der Waals surface area contributed by atoms with Crippen LogP contribution in [0.15, 0.2) is 109 Å². The standard InChI is InChI=1S/C19H13NO3.C11H10O/c21-18-16-7-3-4-8-17(16)19(22)20(18)23-12-13-9-10-14-5-1-2-6-15(14)11-13;12-8-9-5-6-10-3-1-2-4-11(10)7-9/h1-11H,12H2;1-7,12H,8H2. The number of benzene rings is 5. The molecule has 0 aliphatic carbocycles. The van der Waals surface area contributed by atoms with Crippen molar-refractivity contribution in [2.75, 3.05) is 0 Å². The molecule has 0 atom stereocenters. The zero-order chi connectivity index (χ0) is 24.2. The Morgan fingerprint density at radius 1 is 0.571 bits per heavy atom. The Bertz CT molecular complexity index is 1510. The van der Waals surface area contributed by atoms with Crippen molar-refractivity contribution in [1.29, 1.82) is 0 Å². The van der Waals surface area contributed by atoms with Crippen molar-refractivity contribution in [3.63, 3.8) is 0 Å². The number of amides is 2. The first-order valence-electron chi connectivity index (χ1n) is 11.3. The molecule has 0 saturated heterocycles. The maximum absolute atomic E-state index is 12.2. The highest BCUT2D eigenvalue weighted by atomic mass is 16.7. The monoisotopic (exact) mass is 461 g/mol. The highest BCUT2D eigenvalue weighted by Crippen LogP contribution is 2.24. The average molecular weight is 462 g/mol. The summed E-state index contributed by atoms with van der Waals surface area (Å²) in [5.41, 5.74) is 2.64. The lowest BCUT2D eigenvalue weighted by molar-refractivity contribution is -0.101. The first-order valence-corrected chi connectivity index (χ1v) is 11.3. The van der Waals surface area contributed by atoms with Crippen LogP contribution >= 0.6 is 0 Å². The number of hydroxylamine groups is 2. The summed E-state index contributed by atoms with van der Waals surface area (Å²) in [6.07, 6.45) is 0. The summed E-state index contributed by atoms with van der Waals surface area (Å²) in [6.45, 7) is 0.279. The molecule has 5 aromatic rings. The lowest BCUT2D eigenvalue weighted by Crippen LogP contribution is -2.29. The van der Waals surface area contributed by atoms with E-state index in [2.05, 4.69) is 12.1 Å². The van der Waals surface area contributed by atoms with Gasteiger partial charge in [-0.15, -0.1) is 5.06 Å². The number of hydrogen-bond donors (Lipinski definition) is 1. The predicted molar refractivity (Wildman–Crippen MR) is 136 cm³/mol. The van der Waals surface area contributed by atoms with Gasteiger partial charge in [-0.1, -0.05) is 84.9 Å². The first kappa shape index (κ1) is 22.5.